The molecular formula is C21H19N3O4S. The number of thioether (sulfide) groups is 1. The number of hydrogen-bond acceptors (Lipinski definition) is 7. The van der Waals surface area contributed by atoms with Crippen LogP contribution in [0.3, 0.4) is 0 Å². The van der Waals surface area contributed by atoms with Crippen molar-refractivity contribution in [2.24, 2.45) is 0 Å². The maximum Gasteiger partial charge on any atom is 0.247 e. The molecule has 0 bridgehead atoms. The molecule has 2 amide bonds. The van der Waals surface area contributed by atoms with Crippen LogP contribution < -0.4 is 14.4 Å². The number of aromatic nitrogens is 2. The van der Waals surface area contributed by atoms with Gasteiger partial charge in [-0.25, -0.2) is 14.9 Å². The van der Waals surface area contributed by atoms with E-state index in [0.29, 0.717) is 16.6 Å². The second-order valence-electron chi connectivity index (χ2n) is 6.55. The summed E-state index contributed by atoms with van der Waals surface area (Å²) in [5, 5.41) is 0.810. The number of nitrogens with zero attached hydrogens (tertiary/aromatic N) is 3. The van der Waals surface area contributed by atoms with Crippen molar-refractivity contribution in [2.75, 3.05) is 19.1 Å². The Bertz CT molecular complexity index is 1100. The van der Waals surface area contributed by atoms with Gasteiger partial charge in [-0.3, -0.25) is 9.59 Å². The number of fused-ring (bicyclic) bond motifs is 1. The van der Waals surface area contributed by atoms with Gasteiger partial charge in [-0.15, -0.1) is 0 Å². The van der Waals surface area contributed by atoms with Crippen molar-refractivity contribution >= 4 is 40.2 Å². The number of hydrogen-bond donors (Lipinski definition) is 0. The van der Waals surface area contributed by atoms with Gasteiger partial charge in [0.2, 0.25) is 11.8 Å². The first-order chi connectivity index (χ1) is 14.0. The van der Waals surface area contributed by atoms with Gasteiger partial charge in [0, 0.05) is 17.5 Å². The van der Waals surface area contributed by atoms with Crippen LogP contribution in [0.25, 0.3) is 10.9 Å². The summed E-state index contributed by atoms with van der Waals surface area (Å²) < 4.78 is 10.4. The number of amides is 2. The Hall–Kier alpha value is -3.13. The molecule has 4 rings (SSSR count). The number of carbonyl (C=O) groups is 2. The number of methoxy groups -OCH3 is 2. The van der Waals surface area contributed by atoms with Gasteiger partial charge in [0.05, 0.1) is 25.4 Å². The maximum atomic E-state index is 12.9. The smallest absolute Gasteiger partial charge is 0.247 e. The molecule has 0 saturated carbocycles. The summed E-state index contributed by atoms with van der Waals surface area (Å²) in [7, 11) is 3.17. The highest BCUT2D eigenvalue weighted by Crippen LogP contribution is 2.34. The highest BCUT2D eigenvalue weighted by molar-refractivity contribution is 8.00. The Morgan fingerprint density at radius 1 is 1.00 bits per heavy atom. The molecule has 148 valence electrons. The van der Waals surface area contributed by atoms with E-state index in [9.17, 15) is 9.59 Å². The van der Waals surface area contributed by atoms with E-state index in [2.05, 4.69) is 9.97 Å². The fourth-order valence-electron chi connectivity index (χ4n) is 3.24. The first kappa shape index (κ1) is 19.2. The molecule has 0 N–H and O–H groups in total. The molecule has 1 aliphatic heterocycles. The first-order valence-electron chi connectivity index (χ1n) is 9.00. The van der Waals surface area contributed by atoms with Crippen LogP contribution in [0, 0.1) is 6.92 Å². The normalized spacial score (nSPS) is 16.5. The van der Waals surface area contributed by atoms with Crippen LogP contribution in [-0.2, 0) is 9.59 Å². The van der Waals surface area contributed by atoms with Gasteiger partial charge in [0.1, 0.15) is 16.7 Å². The average Bonchev–Trinajstić information content (AvgIpc) is 3.01. The number of aryl methyl sites for hydroxylation is 1. The minimum Gasteiger partial charge on any atom is -0.497 e. The topological polar surface area (TPSA) is 81.6 Å². The van der Waals surface area contributed by atoms with Crippen molar-refractivity contribution in [3.05, 3.63) is 48.2 Å². The number of benzene rings is 2. The monoisotopic (exact) mass is 409 g/mol. The third kappa shape index (κ3) is 3.63. The molecule has 8 heteroatoms. The summed E-state index contributed by atoms with van der Waals surface area (Å²) in [5.74, 6) is 0.896. The highest BCUT2D eigenvalue weighted by atomic mass is 32.2. The minimum atomic E-state index is -0.556. The Kier molecular flexibility index (Phi) is 5.10. The standard InChI is InChI=1S/C21H19N3O4S/c1-12-16-10-15(28-3)8-9-17(16)23-21(22-12)29-18-11-19(25)24(20(18)26)13-4-6-14(27-2)7-5-13/h4-10,18H,11H2,1-3H3/t18-/m1/s1. The molecule has 1 atom stereocenters. The number of anilines is 1. The molecule has 0 radical (unpaired) electrons. The van der Waals surface area contributed by atoms with E-state index in [0.717, 1.165) is 22.3 Å². The van der Waals surface area contributed by atoms with Gasteiger partial charge >= 0.3 is 0 Å². The van der Waals surface area contributed by atoms with E-state index in [1.807, 2.05) is 25.1 Å². The summed E-state index contributed by atoms with van der Waals surface area (Å²) in [6.07, 6.45) is 0.110. The lowest BCUT2D eigenvalue weighted by atomic mass is 10.2. The summed E-state index contributed by atoms with van der Waals surface area (Å²) in [4.78, 5) is 35.7. The third-order valence-corrected chi connectivity index (χ3v) is 5.80. The number of ether oxygens (including phenoxy) is 2. The molecule has 7 nitrogen and oxygen atoms in total. The minimum absolute atomic E-state index is 0.110. The quantitative estimate of drug-likeness (QED) is 0.472. The zero-order valence-corrected chi connectivity index (χ0v) is 17.0. The Morgan fingerprint density at radius 2 is 1.69 bits per heavy atom. The summed E-state index contributed by atoms with van der Waals surface area (Å²) in [6, 6.07) is 12.4. The van der Waals surface area contributed by atoms with Gasteiger partial charge in [-0.1, -0.05) is 11.8 Å². The van der Waals surface area contributed by atoms with Crippen LogP contribution in [0.2, 0.25) is 0 Å². The zero-order valence-electron chi connectivity index (χ0n) is 16.2. The fraction of sp³-hybridized carbons (Fsp3) is 0.238. The van der Waals surface area contributed by atoms with Crippen LogP contribution in [0.1, 0.15) is 12.1 Å². The van der Waals surface area contributed by atoms with Gasteiger partial charge in [0.15, 0.2) is 5.16 Å². The maximum absolute atomic E-state index is 12.9. The molecule has 29 heavy (non-hydrogen) atoms. The SMILES string of the molecule is COc1ccc(N2C(=O)C[C@@H](Sc3nc(C)c4cc(OC)ccc4n3)C2=O)cc1. The van der Waals surface area contributed by atoms with Crippen molar-refractivity contribution < 1.29 is 19.1 Å². The molecule has 1 saturated heterocycles. The fourth-order valence-corrected chi connectivity index (χ4v) is 4.27. The molecule has 0 aliphatic carbocycles. The lowest BCUT2D eigenvalue weighted by molar-refractivity contribution is -0.121. The molecule has 1 aliphatic rings. The number of carbonyl (C=O) groups excluding carboxylic acids is 2. The molecular weight excluding hydrogens is 390 g/mol. The second kappa shape index (κ2) is 7.71. The third-order valence-electron chi connectivity index (χ3n) is 4.76. The zero-order chi connectivity index (χ0) is 20.5. The van der Waals surface area contributed by atoms with Crippen molar-refractivity contribution in [3.63, 3.8) is 0 Å². The van der Waals surface area contributed by atoms with E-state index in [1.165, 1.54) is 16.7 Å². The highest BCUT2D eigenvalue weighted by Gasteiger charge is 2.40. The second-order valence-corrected chi connectivity index (χ2v) is 7.72. The van der Waals surface area contributed by atoms with Crippen LogP contribution >= 0.6 is 11.8 Å². The summed E-state index contributed by atoms with van der Waals surface area (Å²) in [5.41, 5.74) is 2.09. The van der Waals surface area contributed by atoms with Crippen LogP contribution in [0.4, 0.5) is 5.69 Å². The predicted molar refractivity (Wildman–Crippen MR) is 111 cm³/mol. The van der Waals surface area contributed by atoms with Crippen molar-refractivity contribution in [1.29, 1.82) is 0 Å². The summed E-state index contributed by atoms with van der Waals surface area (Å²) in [6.45, 7) is 1.89. The lowest BCUT2D eigenvalue weighted by Gasteiger charge is -2.15. The number of imide groups is 1. The molecule has 2 aromatic carbocycles. The molecule has 0 spiro atoms. The van der Waals surface area contributed by atoms with E-state index in [4.69, 9.17) is 9.47 Å². The first-order valence-corrected chi connectivity index (χ1v) is 9.88. The van der Waals surface area contributed by atoms with E-state index in [-0.39, 0.29) is 18.2 Å². The summed E-state index contributed by atoms with van der Waals surface area (Å²) >= 11 is 1.22. The van der Waals surface area contributed by atoms with E-state index >= 15 is 0 Å². The van der Waals surface area contributed by atoms with Gasteiger partial charge in [-0.2, -0.15) is 0 Å². The predicted octanol–water partition coefficient (Wildman–Crippen LogP) is 3.38. The Balaban J connectivity index is 1.58. The van der Waals surface area contributed by atoms with Crippen molar-refractivity contribution in [3.8, 4) is 11.5 Å². The van der Waals surface area contributed by atoms with Gasteiger partial charge in [0.25, 0.3) is 0 Å². The van der Waals surface area contributed by atoms with Crippen LogP contribution in [0.5, 0.6) is 11.5 Å². The van der Waals surface area contributed by atoms with Crippen LogP contribution in [-0.4, -0.2) is 41.3 Å². The molecule has 1 aromatic heterocycles. The Morgan fingerprint density at radius 3 is 2.38 bits per heavy atom. The van der Waals surface area contributed by atoms with E-state index in [1.54, 1.807) is 38.5 Å². The molecule has 2 heterocycles. The molecule has 1 fully saturated rings. The van der Waals surface area contributed by atoms with Crippen LogP contribution in [0.15, 0.2) is 47.6 Å². The van der Waals surface area contributed by atoms with Crippen molar-refractivity contribution in [2.45, 2.75) is 23.8 Å². The Labute approximate surface area is 172 Å². The van der Waals surface area contributed by atoms with Gasteiger partial charge < -0.3 is 9.47 Å². The van der Waals surface area contributed by atoms with E-state index < -0.39 is 5.25 Å². The molecule has 3 aromatic rings. The van der Waals surface area contributed by atoms with Crippen molar-refractivity contribution in [1.82, 2.24) is 9.97 Å². The van der Waals surface area contributed by atoms with Gasteiger partial charge in [-0.05, 0) is 49.4 Å². The largest absolute Gasteiger partial charge is 0.497 e. The molecule has 0 unspecified atom stereocenters. The lowest BCUT2D eigenvalue weighted by Crippen LogP contribution is -2.31. The number of rotatable bonds is 5. The average molecular weight is 409 g/mol.